The van der Waals surface area contributed by atoms with Crippen molar-refractivity contribution in [2.24, 2.45) is 0 Å². The Hall–Kier alpha value is -4.08. The number of aryl methyl sites for hydroxylation is 1. The zero-order valence-electron chi connectivity index (χ0n) is 17.9. The summed E-state index contributed by atoms with van der Waals surface area (Å²) >= 11 is 6.11. The van der Waals surface area contributed by atoms with Gasteiger partial charge in [0, 0.05) is 11.3 Å². The number of methoxy groups -OCH3 is 1. The van der Waals surface area contributed by atoms with Gasteiger partial charge in [-0.05, 0) is 55.0 Å². The SMILES string of the molecule is COc1cc(/C(O)=C2/C(=O)C(=O)N(c3ccc(C#N)cc3)C2c2cccc(C)c2)ccc1Cl. The van der Waals surface area contributed by atoms with E-state index in [2.05, 4.69) is 0 Å². The number of hydrogen-bond acceptors (Lipinski definition) is 5. The number of hydrogen-bond donors (Lipinski definition) is 1. The van der Waals surface area contributed by atoms with E-state index in [-0.39, 0.29) is 11.3 Å². The molecule has 1 unspecified atom stereocenters. The number of Topliss-reactive ketones (excluding diaryl/α,β-unsaturated/α-hetero) is 1. The number of anilines is 1. The molecular weight excluding hydrogens is 440 g/mol. The summed E-state index contributed by atoms with van der Waals surface area (Å²) in [5.74, 6) is -1.58. The molecule has 0 bridgehead atoms. The number of rotatable bonds is 4. The molecule has 164 valence electrons. The van der Waals surface area contributed by atoms with Gasteiger partial charge in [0.1, 0.15) is 11.5 Å². The summed E-state index contributed by atoms with van der Waals surface area (Å²) in [4.78, 5) is 27.7. The minimum absolute atomic E-state index is 0.0423. The Balaban J connectivity index is 1.95. The smallest absolute Gasteiger partial charge is 0.300 e. The van der Waals surface area contributed by atoms with Crippen molar-refractivity contribution in [3.8, 4) is 11.8 Å². The molecule has 1 N–H and O–H groups in total. The number of ketones is 1. The average Bonchev–Trinajstić information content (AvgIpc) is 3.09. The van der Waals surface area contributed by atoms with Crippen LogP contribution < -0.4 is 9.64 Å². The second-order valence-electron chi connectivity index (χ2n) is 7.59. The molecule has 6 nitrogen and oxygen atoms in total. The molecule has 1 heterocycles. The fraction of sp³-hybridized carbons (Fsp3) is 0.115. The summed E-state index contributed by atoms with van der Waals surface area (Å²) in [6.07, 6.45) is 0. The molecule has 0 aliphatic carbocycles. The van der Waals surface area contributed by atoms with Gasteiger partial charge in [-0.3, -0.25) is 14.5 Å². The first-order valence-electron chi connectivity index (χ1n) is 10.1. The number of amides is 1. The number of nitriles is 1. The van der Waals surface area contributed by atoms with Crippen LogP contribution in [-0.4, -0.2) is 23.9 Å². The molecule has 3 aromatic carbocycles. The number of aliphatic hydroxyl groups excluding tert-OH is 1. The van der Waals surface area contributed by atoms with Crippen molar-refractivity contribution < 1.29 is 19.4 Å². The van der Waals surface area contributed by atoms with Crippen LogP contribution in [-0.2, 0) is 9.59 Å². The van der Waals surface area contributed by atoms with Gasteiger partial charge in [0.05, 0.1) is 35.4 Å². The van der Waals surface area contributed by atoms with E-state index in [0.29, 0.717) is 33.1 Å². The van der Waals surface area contributed by atoms with E-state index < -0.39 is 17.7 Å². The van der Waals surface area contributed by atoms with E-state index in [1.165, 1.54) is 18.1 Å². The van der Waals surface area contributed by atoms with E-state index in [1.807, 2.05) is 31.2 Å². The topological polar surface area (TPSA) is 90.6 Å². The van der Waals surface area contributed by atoms with Crippen molar-refractivity contribution in [2.75, 3.05) is 12.0 Å². The molecule has 1 aliphatic heterocycles. The van der Waals surface area contributed by atoms with Crippen LogP contribution in [0.25, 0.3) is 5.76 Å². The first kappa shape index (κ1) is 22.1. The number of carbonyl (C=O) groups excluding carboxylic acids is 2. The van der Waals surface area contributed by atoms with Crippen LogP contribution in [0.1, 0.15) is 28.3 Å². The van der Waals surface area contributed by atoms with Crippen LogP contribution in [0.3, 0.4) is 0 Å². The number of halogens is 1. The van der Waals surface area contributed by atoms with Crippen molar-refractivity contribution in [3.05, 3.63) is 99.6 Å². The number of carbonyl (C=O) groups is 2. The summed E-state index contributed by atoms with van der Waals surface area (Å²) < 4.78 is 5.23. The third-order valence-corrected chi connectivity index (χ3v) is 5.81. The van der Waals surface area contributed by atoms with Gasteiger partial charge in [-0.25, -0.2) is 0 Å². The predicted molar refractivity (Wildman–Crippen MR) is 125 cm³/mol. The Morgan fingerprint density at radius 3 is 2.45 bits per heavy atom. The first-order valence-corrected chi connectivity index (χ1v) is 10.4. The Labute approximate surface area is 195 Å². The quantitative estimate of drug-likeness (QED) is 0.331. The zero-order valence-corrected chi connectivity index (χ0v) is 18.6. The molecule has 1 amide bonds. The molecule has 1 atom stereocenters. The minimum atomic E-state index is -0.862. The number of nitrogens with zero attached hydrogens (tertiary/aromatic N) is 2. The van der Waals surface area contributed by atoms with E-state index in [0.717, 1.165) is 5.56 Å². The van der Waals surface area contributed by atoms with E-state index in [9.17, 15) is 14.7 Å². The van der Waals surface area contributed by atoms with Crippen LogP contribution in [0.4, 0.5) is 5.69 Å². The molecule has 3 aromatic rings. The Morgan fingerprint density at radius 1 is 1.09 bits per heavy atom. The van der Waals surface area contributed by atoms with Crippen LogP contribution >= 0.6 is 11.6 Å². The molecule has 7 heteroatoms. The van der Waals surface area contributed by atoms with Crippen molar-refractivity contribution in [2.45, 2.75) is 13.0 Å². The highest BCUT2D eigenvalue weighted by Crippen LogP contribution is 2.43. The van der Waals surface area contributed by atoms with Crippen molar-refractivity contribution in [3.63, 3.8) is 0 Å². The normalized spacial score (nSPS) is 17.2. The first-order chi connectivity index (χ1) is 15.8. The van der Waals surface area contributed by atoms with Gasteiger partial charge < -0.3 is 9.84 Å². The van der Waals surface area contributed by atoms with E-state index >= 15 is 0 Å². The maximum absolute atomic E-state index is 13.2. The fourth-order valence-electron chi connectivity index (χ4n) is 3.91. The monoisotopic (exact) mass is 458 g/mol. The lowest BCUT2D eigenvalue weighted by Crippen LogP contribution is -2.29. The van der Waals surface area contributed by atoms with Gasteiger partial charge in [0.25, 0.3) is 11.7 Å². The van der Waals surface area contributed by atoms with Gasteiger partial charge in [0.2, 0.25) is 0 Å². The number of aliphatic hydroxyl groups is 1. The molecule has 0 radical (unpaired) electrons. The van der Waals surface area contributed by atoms with Crippen molar-refractivity contribution in [1.29, 1.82) is 5.26 Å². The molecule has 0 saturated carbocycles. The molecule has 1 saturated heterocycles. The number of benzene rings is 3. The lowest BCUT2D eigenvalue weighted by atomic mass is 9.94. The summed E-state index contributed by atoms with van der Waals surface area (Å²) in [6, 6.07) is 19.6. The van der Waals surface area contributed by atoms with Crippen LogP contribution in [0.5, 0.6) is 5.75 Å². The molecule has 4 rings (SSSR count). The Kier molecular flexibility index (Phi) is 5.91. The molecule has 33 heavy (non-hydrogen) atoms. The van der Waals surface area contributed by atoms with E-state index in [1.54, 1.807) is 42.5 Å². The van der Waals surface area contributed by atoms with Gasteiger partial charge in [0.15, 0.2) is 0 Å². The molecule has 1 fully saturated rings. The number of ether oxygens (including phenoxy) is 1. The summed E-state index contributed by atoms with van der Waals surface area (Å²) in [5, 5.41) is 20.7. The average molecular weight is 459 g/mol. The standard InChI is InChI=1S/C26H19ClN2O4/c1-15-4-3-5-17(12-15)23-22(24(30)18-8-11-20(27)21(13-18)33-2)25(31)26(32)29(23)19-9-6-16(14-28)7-10-19/h3-13,23,30H,1-2H3/b24-22-. The highest BCUT2D eigenvalue weighted by molar-refractivity contribution is 6.51. The largest absolute Gasteiger partial charge is 0.507 e. The minimum Gasteiger partial charge on any atom is -0.507 e. The van der Waals surface area contributed by atoms with Gasteiger partial charge in [-0.15, -0.1) is 0 Å². The molecule has 0 aromatic heterocycles. The summed E-state index contributed by atoms with van der Waals surface area (Å²) in [5.41, 5.74) is 2.73. The summed E-state index contributed by atoms with van der Waals surface area (Å²) in [6.45, 7) is 1.90. The Bertz CT molecular complexity index is 1340. The molecule has 0 spiro atoms. The third kappa shape index (κ3) is 3.95. The van der Waals surface area contributed by atoms with Crippen LogP contribution in [0.2, 0.25) is 5.02 Å². The zero-order chi connectivity index (χ0) is 23.7. The van der Waals surface area contributed by atoms with Gasteiger partial charge in [-0.2, -0.15) is 5.26 Å². The lowest BCUT2D eigenvalue weighted by molar-refractivity contribution is -0.132. The maximum atomic E-state index is 13.2. The second-order valence-corrected chi connectivity index (χ2v) is 8.00. The summed E-state index contributed by atoms with van der Waals surface area (Å²) in [7, 11) is 1.45. The van der Waals surface area contributed by atoms with Crippen LogP contribution in [0, 0.1) is 18.3 Å². The molecule has 1 aliphatic rings. The fourth-order valence-corrected chi connectivity index (χ4v) is 4.11. The second kappa shape index (κ2) is 8.81. The molecular formula is C26H19ClN2O4. The predicted octanol–water partition coefficient (Wildman–Crippen LogP) is 5.16. The van der Waals surface area contributed by atoms with Crippen molar-refractivity contribution in [1.82, 2.24) is 0 Å². The third-order valence-electron chi connectivity index (χ3n) is 5.50. The highest BCUT2D eigenvalue weighted by Gasteiger charge is 2.47. The Morgan fingerprint density at radius 2 is 1.82 bits per heavy atom. The van der Waals surface area contributed by atoms with Crippen molar-refractivity contribution >= 4 is 34.7 Å². The lowest BCUT2D eigenvalue weighted by Gasteiger charge is -2.25. The highest BCUT2D eigenvalue weighted by atomic mass is 35.5. The maximum Gasteiger partial charge on any atom is 0.300 e. The van der Waals surface area contributed by atoms with Crippen LogP contribution in [0.15, 0.2) is 72.3 Å². The van der Waals surface area contributed by atoms with E-state index in [4.69, 9.17) is 21.6 Å². The van der Waals surface area contributed by atoms with Gasteiger partial charge in [-0.1, -0.05) is 41.4 Å². The van der Waals surface area contributed by atoms with Gasteiger partial charge >= 0.3 is 0 Å².